The summed E-state index contributed by atoms with van der Waals surface area (Å²) in [5.74, 6) is 0.298. The number of aromatic nitrogens is 4. The summed E-state index contributed by atoms with van der Waals surface area (Å²) in [7, 11) is 0. The van der Waals surface area contributed by atoms with E-state index in [1.165, 1.54) is 16.8 Å². The summed E-state index contributed by atoms with van der Waals surface area (Å²) in [6, 6.07) is 11.5. The molecule has 4 aromatic rings. The van der Waals surface area contributed by atoms with Crippen LogP contribution in [-0.4, -0.2) is 50.7 Å². The van der Waals surface area contributed by atoms with E-state index >= 15 is 0 Å². The van der Waals surface area contributed by atoms with E-state index in [0.29, 0.717) is 50.5 Å². The molecule has 1 aliphatic rings. The minimum Gasteiger partial charge on any atom is -0.382 e. The number of nitrogens with two attached hydrogens (primary N) is 2. The molecule has 2 aromatic heterocycles. The van der Waals surface area contributed by atoms with E-state index in [4.69, 9.17) is 28.1 Å². The normalized spacial score (nSPS) is 14.9. The molecular formula is C28H28ClF3N10O. The van der Waals surface area contributed by atoms with Crippen molar-refractivity contribution in [3.63, 3.8) is 0 Å². The maximum Gasteiger partial charge on any atom is 0.416 e. The van der Waals surface area contributed by atoms with Crippen molar-refractivity contribution in [3.8, 4) is 6.07 Å². The van der Waals surface area contributed by atoms with Crippen molar-refractivity contribution in [1.29, 1.82) is 5.26 Å². The first-order valence-electron chi connectivity index (χ1n) is 13.4. The van der Waals surface area contributed by atoms with Gasteiger partial charge in [0, 0.05) is 32.7 Å². The number of nitrogen functional groups attached to an aromatic ring is 2. The smallest absolute Gasteiger partial charge is 0.382 e. The van der Waals surface area contributed by atoms with Crippen LogP contribution in [0.2, 0.25) is 5.02 Å². The van der Waals surface area contributed by atoms with Gasteiger partial charge in [0.15, 0.2) is 11.6 Å². The Morgan fingerprint density at radius 1 is 1.07 bits per heavy atom. The van der Waals surface area contributed by atoms with Gasteiger partial charge in [0.05, 0.1) is 27.5 Å². The van der Waals surface area contributed by atoms with Gasteiger partial charge in [-0.1, -0.05) is 36.7 Å². The van der Waals surface area contributed by atoms with E-state index in [0.717, 1.165) is 17.7 Å². The SMILES string of the molecule is CCC(Nc1nc(N)nc(N)c1C#N)c1nc2cccc(Cl)c2c(=O)n1N1CCN(Cc2ccc(C(F)(F)F)cc2)CC1. The number of rotatable bonds is 7. The lowest BCUT2D eigenvalue weighted by atomic mass is 10.1. The van der Waals surface area contributed by atoms with Gasteiger partial charge in [-0.3, -0.25) is 9.69 Å². The van der Waals surface area contributed by atoms with Crippen LogP contribution < -0.4 is 27.4 Å². The molecule has 15 heteroatoms. The molecule has 3 heterocycles. The highest BCUT2D eigenvalue weighted by atomic mass is 35.5. The van der Waals surface area contributed by atoms with Crippen LogP contribution in [0.3, 0.4) is 0 Å². The maximum absolute atomic E-state index is 14.0. The van der Waals surface area contributed by atoms with Crippen molar-refractivity contribution in [2.24, 2.45) is 0 Å². The molecular weight excluding hydrogens is 585 g/mol. The number of fused-ring (bicyclic) bond motifs is 1. The van der Waals surface area contributed by atoms with Gasteiger partial charge in [-0.2, -0.15) is 28.4 Å². The second-order valence-corrected chi connectivity index (χ2v) is 10.5. The van der Waals surface area contributed by atoms with E-state index in [1.54, 1.807) is 18.2 Å². The van der Waals surface area contributed by atoms with Gasteiger partial charge in [-0.25, -0.2) is 9.66 Å². The molecule has 5 rings (SSSR count). The van der Waals surface area contributed by atoms with Crippen LogP contribution in [0.5, 0.6) is 0 Å². The number of halogens is 4. The van der Waals surface area contributed by atoms with Gasteiger partial charge in [0.25, 0.3) is 5.56 Å². The number of alkyl halides is 3. The number of anilines is 3. The van der Waals surface area contributed by atoms with E-state index < -0.39 is 17.8 Å². The van der Waals surface area contributed by atoms with Crippen LogP contribution in [0.4, 0.5) is 30.8 Å². The standard InChI is InChI=1S/C28H28ClF3N10O/c1-2-20(36-24-18(14-33)23(34)38-27(35)39-24)25-37-21-5-3-4-19(29)22(21)26(43)42(25)41-12-10-40(11-13-41)15-16-6-8-17(9-7-16)28(30,31)32/h3-9,20H,2,10-13,15H2,1H3,(H5,34,35,36,38,39). The molecule has 0 spiro atoms. The average molecular weight is 613 g/mol. The van der Waals surface area contributed by atoms with E-state index in [1.807, 2.05) is 18.0 Å². The first kappa shape index (κ1) is 29.9. The van der Waals surface area contributed by atoms with Crippen LogP contribution in [0.25, 0.3) is 10.9 Å². The molecule has 0 radical (unpaired) electrons. The minimum atomic E-state index is -4.39. The Labute approximate surface area is 249 Å². The number of piperazine rings is 1. The third kappa shape index (κ3) is 6.13. The second kappa shape index (κ2) is 11.9. The molecule has 0 aliphatic carbocycles. The van der Waals surface area contributed by atoms with Crippen LogP contribution in [0, 0.1) is 11.3 Å². The van der Waals surface area contributed by atoms with Gasteiger partial charge in [-0.15, -0.1) is 0 Å². The Balaban J connectivity index is 1.46. The molecule has 2 aromatic carbocycles. The van der Waals surface area contributed by atoms with Gasteiger partial charge in [0.1, 0.15) is 17.5 Å². The fraction of sp³-hybridized carbons (Fsp3) is 0.321. The third-order valence-electron chi connectivity index (χ3n) is 7.27. The van der Waals surface area contributed by atoms with Crippen molar-refractivity contribution >= 4 is 40.1 Å². The van der Waals surface area contributed by atoms with Crippen LogP contribution in [0.1, 0.15) is 41.9 Å². The van der Waals surface area contributed by atoms with E-state index in [9.17, 15) is 23.2 Å². The number of hydrogen-bond donors (Lipinski definition) is 3. The van der Waals surface area contributed by atoms with E-state index in [-0.39, 0.29) is 39.1 Å². The lowest BCUT2D eigenvalue weighted by Crippen LogP contribution is -2.55. The molecule has 0 amide bonds. The maximum atomic E-state index is 14.0. The molecule has 0 saturated carbocycles. The summed E-state index contributed by atoms with van der Waals surface area (Å²) in [6.07, 6.45) is -3.94. The Hall–Kier alpha value is -4.61. The highest BCUT2D eigenvalue weighted by molar-refractivity contribution is 6.35. The first-order chi connectivity index (χ1) is 20.5. The topological polar surface area (TPSA) is 155 Å². The molecule has 1 fully saturated rings. The summed E-state index contributed by atoms with van der Waals surface area (Å²) < 4.78 is 40.4. The molecule has 224 valence electrons. The Kier molecular flexibility index (Phi) is 8.30. The third-order valence-corrected chi connectivity index (χ3v) is 7.58. The van der Waals surface area contributed by atoms with Gasteiger partial charge < -0.3 is 21.8 Å². The van der Waals surface area contributed by atoms with Crippen molar-refractivity contribution in [2.75, 3.05) is 48.0 Å². The summed E-state index contributed by atoms with van der Waals surface area (Å²) in [5.41, 5.74) is 11.8. The van der Waals surface area contributed by atoms with Crippen molar-refractivity contribution in [3.05, 3.63) is 80.4 Å². The van der Waals surface area contributed by atoms with Gasteiger partial charge in [-0.05, 0) is 36.2 Å². The molecule has 11 nitrogen and oxygen atoms in total. The summed E-state index contributed by atoms with van der Waals surface area (Å²) >= 11 is 6.45. The van der Waals surface area contributed by atoms with Gasteiger partial charge >= 0.3 is 6.18 Å². The Bertz CT molecular complexity index is 1750. The van der Waals surface area contributed by atoms with Crippen molar-refractivity contribution in [2.45, 2.75) is 32.1 Å². The van der Waals surface area contributed by atoms with Gasteiger partial charge in [0.2, 0.25) is 5.95 Å². The zero-order valence-corrected chi connectivity index (χ0v) is 23.8. The lowest BCUT2D eigenvalue weighted by molar-refractivity contribution is -0.137. The quantitative estimate of drug-likeness (QED) is 0.280. The fourth-order valence-electron chi connectivity index (χ4n) is 5.07. The average Bonchev–Trinajstić information content (AvgIpc) is 2.96. The monoisotopic (exact) mass is 612 g/mol. The first-order valence-corrected chi connectivity index (χ1v) is 13.8. The number of nitriles is 1. The van der Waals surface area contributed by atoms with Crippen LogP contribution >= 0.6 is 11.6 Å². The molecule has 43 heavy (non-hydrogen) atoms. The van der Waals surface area contributed by atoms with Crippen LogP contribution in [0.15, 0.2) is 47.3 Å². The molecule has 1 aliphatic heterocycles. The molecule has 5 N–H and O–H groups in total. The van der Waals surface area contributed by atoms with Crippen molar-refractivity contribution < 1.29 is 13.2 Å². The number of benzene rings is 2. The summed E-state index contributed by atoms with van der Waals surface area (Å²) in [4.78, 5) is 29.0. The fourth-order valence-corrected chi connectivity index (χ4v) is 5.33. The minimum absolute atomic E-state index is 0.0160. The van der Waals surface area contributed by atoms with Crippen molar-refractivity contribution in [1.82, 2.24) is 24.5 Å². The Morgan fingerprint density at radius 3 is 2.40 bits per heavy atom. The number of nitrogens with zero attached hydrogens (tertiary/aromatic N) is 7. The zero-order chi connectivity index (χ0) is 30.9. The molecule has 1 atom stereocenters. The summed E-state index contributed by atoms with van der Waals surface area (Å²) in [6.45, 7) is 4.28. The summed E-state index contributed by atoms with van der Waals surface area (Å²) in [5, 5.41) is 15.2. The molecule has 1 saturated heterocycles. The van der Waals surface area contributed by atoms with Crippen LogP contribution in [-0.2, 0) is 12.7 Å². The zero-order valence-electron chi connectivity index (χ0n) is 23.1. The second-order valence-electron chi connectivity index (χ2n) is 10.1. The predicted molar refractivity (Wildman–Crippen MR) is 158 cm³/mol. The number of hydrogen-bond acceptors (Lipinski definition) is 10. The van der Waals surface area contributed by atoms with E-state index in [2.05, 4.69) is 20.2 Å². The molecule has 1 unspecified atom stereocenters. The predicted octanol–water partition coefficient (Wildman–Crippen LogP) is 3.91. The highest BCUT2D eigenvalue weighted by Gasteiger charge is 2.30. The highest BCUT2D eigenvalue weighted by Crippen LogP contribution is 2.30. The lowest BCUT2D eigenvalue weighted by Gasteiger charge is -2.38. The largest absolute Gasteiger partial charge is 0.416 e. The molecule has 0 bridgehead atoms. The Morgan fingerprint density at radius 2 is 1.77 bits per heavy atom. The number of nitrogens with one attached hydrogen (secondary N) is 1.